The molecular formula is C11H16AsO+. The molecule has 0 aliphatic rings. The standard InChI is InChI=1S/C11H16AsO/c1-12(2,3)9-11(13)10-7-5-4-6-8-10/h4-8H,9H2,1-3H3/q+1. The van der Waals surface area contributed by atoms with E-state index in [1.54, 1.807) is 0 Å². The Morgan fingerprint density at radius 1 is 1.15 bits per heavy atom. The Kier molecular flexibility index (Phi) is 3.32. The summed E-state index contributed by atoms with van der Waals surface area (Å²) < 4.78 is 0. The third-order valence-corrected chi connectivity index (χ3v) is 4.31. The van der Waals surface area contributed by atoms with E-state index in [1.807, 2.05) is 30.3 Å². The fourth-order valence-electron chi connectivity index (χ4n) is 1.15. The molecule has 0 N–H and O–H groups in total. The van der Waals surface area contributed by atoms with Crippen molar-refractivity contribution >= 4 is 19.3 Å². The summed E-state index contributed by atoms with van der Waals surface area (Å²) in [7, 11) is 0. The first-order valence-electron chi connectivity index (χ1n) is 4.38. The van der Waals surface area contributed by atoms with E-state index in [0.717, 1.165) is 10.8 Å². The Hall–Kier alpha value is -0.552. The zero-order valence-corrected chi connectivity index (χ0v) is 10.3. The van der Waals surface area contributed by atoms with Crippen molar-refractivity contribution in [2.75, 3.05) is 0 Å². The third kappa shape index (κ3) is 3.78. The van der Waals surface area contributed by atoms with Gasteiger partial charge in [-0.3, -0.25) is 0 Å². The molecule has 1 nitrogen and oxygen atoms in total. The van der Waals surface area contributed by atoms with E-state index in [9.17, 15) is 4.79 Å². The van der Waals surface area contributed by atoms with Gasteiger partial charge in [0.2, 0.25) is 0 Å². The van der Waals surface area contributed by atoms with Crippen LogP contribution in [0.15, 0.2) is 30.3 Å². The number of hydrogen-bond donors (Lipinski definition) is 0. The van der Waals surface area contributed by atoms with Gasteiger partial charge in [-0.15, -0.1) is 0 Å². The molecule has 1 aromatic carbocycles. The number of carbonyl (C=O) groups excluding carboxylic acids is 1. The van der Waals surface area contributed by atoms with Crippen LogP contribution in [0.4, 0.5) is 0 Å². The summed E-state index contributed by atoms with van der Waals surface area (Å²) in [6.45, 7) is 0. The van der Waals surface area contributed by atoms with Crippen LogP contribution < -0.4 is 0 Å². The first-order valence-corrected chi connectivity index (χ1v) is 11.3. The van der Waals surface area contributed by atoms with Gasteiger partial charge in [-0.2, -0.15) is 0 Å². The number of carbonyl (C=O) groups is 1. The van der Waals surface area contributed by atoms with Crippen molar-refractivity contribution < 1.29 is 4.79 Å². The van der Waals surface area contributed by atoms with Crippen LogP contribution in [0.2, 0.25) is 22.3 Å². The van der Waals surface area contributed by atoms with E-state index in [0.29, 0.717) is 5.78 Å². The zero-order chi connectivity index (χ0) is 9.90. The molecule has 1 rings (SSSR count). The van der Waals surface area contributed by atoms with Gasteiger partial charge in [0, 0.05) is 0 Å². The van der Waals surface area contributed by atoms with Crippen LogP contribution in [0.5, 0.6) is 0 Å². The van der Waals surface area contributed by atoms with Crippen molar-refractivity contribution in [2.45, 2.75) is 22.3 Å². The van der Waals surface area contributed by atoms with E-state index in [1.165, 1.54) is 0 Å². The first-order chi connectivity index (χ1) is 5.99. The van der Waals surface area contributed by atoms with Gasteiger partial charge >= 0.3 is 82.4 Å². The minimum absolute atomic E-state index is 0.306. The van der Waals surface area contributed by atoms with Crippen molar-refractivity contribution in [3.8, 4) is 0 Å². The van der Waals surface area contributed by atoms with Crippen LogP contribution in [0.1, 0.15) is 10.4 Å². The Morgan fingerprint density at radius 3 is 2.15 bits per heavy atom. The van der Waals surface area contributed by atoms with Crippen molar-refractivity contribution in [3.63, 3.8) is 0 Å². The average Bonchev–Trinajstić information content (AvgIpc) is 2.03. The summed E-state index contributed by atoms with van der Waals surface area (Å²) in [5, 5.41) is 0.780. The van der Waals surface area contributed by atoms with Gasteiger partial charge < -0.3 is 0 Å². The van der Waals surface area contributed by atoms with Crippen LogP contribution in [-0.4, -0.2) is 19.3 Å². The van der Waals surface area contributed by atoms with Gasteiger partial charge in [-0.25, -0.2) is 0 Å². The van der Waals surface area contributed by atoms with Crippen molar-refractivity contribution in [1.82, 2.24) is 0 Å². The van der Waals surface area contributed by atoms with Gasteiger partial charge in [-0.05, 0) is 0 Å². The van der Waals surface area contributed by atoms with E-state index in [4.69, 9.17) is 0 Å². The maximum absolute atomic E-state index is 11.7. The van der Waals surface area contributed by atoms with Gasteiger partial charge in [0.15, 0.2) is 0 Å². The summed E-state index contributed by atoms with van der Waals surface area (Å²) in [5.74, 6) is 0.306. The fourth-order valence-corrected chi connectivity index (χ4v) is 3.34. The third-order valence-electron chi connectivity index (χ3n) is 1.71. The predicted octanol–water partition coefficient (Wildman–Crippen LogP) is 3.21. The molecule has 1 aromatic rings. The number of benzene rings is 1. The fraction of sp³-hybridized carbons (Fsp3) is 0.364. The van der Waals surface area contributed by atoms with Crippen LogP contribution in [0.3, 0.4) is 0 Å². The Labute approximate surface area is 82.6 Å². The Bertz CT molecular complexity index is 285. The summed E-state index contributed by atoms with van der Waals surface area (Å²) in [6, 6.07) is 9.57. The number of Topliss-reactive ketones (excluding diaryl/α,β-unsaturated/α-hetero) is 1. The number of hydrogen-bond acceptors (Lipinski definition) is 1. The molecule has 0 saturated heterocycles. The SMILES string of the molecule is C[As+](C)(C)CC(=O)c1ccccc1. The molecule has 2 heteroatoms. The first kappa shape index (κ1) is 10.5. The quantitative estimate of drug-likeness (QED) is 0.584. The normalized spacial score (nSPS) is 11.3. The van der Waals surface area contributed by atoms with Crippen molar-refractivity contribution in [3.05, 3.63) is 35.9 Å². The van der Waals surface area contributed by atoms with Crippen molar-refractivity contribution in [2.24, 2.45) is 0 Å². The number of rotatable bonds is 3. The monoisotopic (exact) mass is 239 g/mol. The molecule has 70 valence electrons. The molecule has 0 heterocycles. The Morgan fingerprint density at radius 2 is 1.69 bits per heavy atom. The molecule has 0 saturated carbocycles. The van der Waals surface area contributed by atoms with E-state index in [-0.39, 0.29) is 0 Å². The van der Waals surface area contributed by atoms with E-state index in [2.05, 4.69) is 17.1 Å². The van der Waals surface area contributed by atoms with E-state index < -0.39 is 13.6 Å². The predicted molar refractivity (Wildman–Crippen MR) is 58.9 cm³/mol. The molecule has 0 atom stereocenters. The topological polar surface area (TPSA) is 17.1 Å². The van der Waals surface area contributed by atoms with Gasteiger partial charge in [0.25, 0.3) is 0 Å². The van der Waals surface area contributed by atoms with E-state index >= 15 is 0 Å². The second-order valence-electron chi connectivity index (χ2n) is 4.24. The molecule has 0 aromatic heterocycles. The summed E-state index contributed by atoms with van der Waals surface area (Å²) in [6.07, 6.45) is 0. The molecule has 13 heavy (non-hydrogen) atoms. The molecule has 0 unspecified atom stereocenters. The average molecular weight is 239 g/mol. The van der Waals surface area contributed by atoms with Crippen LogP contribution in [0, 0.1) is 0 Å². The Balaban J connectivity index is 2.71. The summed E-state index contributed by atoms with van der Waals surface area (Å²) in [5.41, 5.74) is 7.61. The van der Waals surface area contributed by atoms with Crippen LogP contribution in [0.25, 0.3) is 0 Å². The molecule has 0 aliphatic heterocycles. The second-order valence-corrected chi connectivity index (χ2v) is 14.5. The van der Waals surface area contributed by atoms with Crippen LogP contribution >= 0.6 is 0 Å². The molecule has 0 fully saturated rings. The zero-order valence-electron chi connectivity index (χ0n) is 8.45. The second kappa shape index (κ2) is 4.11. The van der Waals surface area contributed by atoms with Crippen LogP contribution in [-0.2, 0) is 0 Å². The molecule has 0 amide bonds. The molecule has 0 radical (unpaired) electrons. The van der Waals surface area contributed by atoms with Gasteiger partial charge in [0.1, 0.15) is 0 Å². The molecule has 0 spiro atoms. The molecule has 0 aliphatic carbocycles. The summed E-state index contributed by atoms with van der Waals surface area (Å²) >= 11 is -1.57. The molecular weight excluding hydrogens is 223 g/mol. The summed E-state index contributed by atoms with van der Waals surface area (Å²) in [4.78, 5) is 11.7. The maximum atomic E-state index is 11.7. The molecule has 0 bridgehead atoms. The minimum atomic E-state index is -1.57. The van der Waals surface area contributed by atoms with Crippen molar-refractivity contribution in [1.29, 1.82) is 0 Å². The van der Waals surface area contributed by atoms with Gasteiger partial charge in [-0.1, -0.05) is 0 Å². The number of ketones is 1. The van der Waals surface area contributed by atoms with Gasteiger partial charge in [0.05, 0.1) is 0 Å².